The van der Waals surface area contributed by atoms with E-state index in [4.69, 9.17) is 5.73 Å². The van der Waals surface area contributed by atoms with E-state index < -0.39 is 0 Å². The zero-order valence-corrected chi connectivity index (χ0v) is 9.06. The minimum atomic E-state index is 0.582. The number of nitrogens with two attached hydrogens (primary N) is 1. The van der Waals surface area contributed by atoms with Gasteiger partial charge in [-0.2, -0.15) is 0 Å². The third-order valence-electron chi connectivity index (χ3n) is 2.36. The van der Waals surface area contributed by atoms with Crippen molar-refractivity contribution in [3.63, 3.8) is 0 Å². The fourth-order valence-electron chi connectivity index (χ4n) is 1.60. The molecule has 0 aliphatic heterocycles. The molecule has 1 aromatic carbocycles. The second-order valence-electron chi connectivity index (χ2n) is 3.46. The van der Waals surface area contributed by atoms with Gasteiger partial charge in [0.05, 0.1) is 5.52 Å². The smallest absolute Gasteiger partial charge is 0.0722 e. The van der Waals surface area contributed by atoms with Gasteiger partial charge >= 0.3 is 0 Å². The Kier molecular flexibility index (Phi) is 3.51. The topological polar surface area (TPSA) is 50.9 Å². The maximum atomic E-state index is 5.37. The van der Waals surface area contributed by atoms with Gasteiger partial charge in [-0.05, 0) is 12.1 Å². The third-order valence-corrected chi connectivity index (χ3v) is 2.36. The summed E-state index contributed by atoms with van der Waals surface area (Å²) in [5, 5.41) is 4.48. The van der Waals surface area contributed by atoms with Crippen LogP contribution in [0.25, 0.3) is 10.9 Å². The maximum Gasteiger partial charge on any atom is 0.0722 e. The van der Waals surface area contributed by atoms with Gasteiger partial charge in [0, 0.05) is 30.4 Å². The van der Waals surface area contributed by atoms with Gasteiger partial charge in [-0.3, -0.25) is 4.98 Å². The molecule has 2 aromatic rings. The van der Waals surface area contributed by atoms with E-state index in [0.717, 1.165) is 23.1 Å². The molecule has 0 fully saturated rings. The number of hydrogen-bond acceptors (Lipinski definition) is 3. The number of rotatable bonds is 4. The molecule has 0 aliphatic rings. The number of benzene rings is 1. The van der Waals surface area contributed by atoms with Crippen LogP contribution in [0.3, 0.4) is 0 Å². The van der Waals surface area contributed by atoms with Crippen LogP contribution in [0.5, 0.6) is 0 Å². The molecule has 0 aliphatic carbocycles. The van der Waals surface area contributed by atoms with Crippen LogP contribution in [0, 0.1) is 0 Å². The highest BCUT2D eigenvalue weighted by Gasteiger charge is 1.98. The summed E-state index contributed by atoms with van der Waals surface area (Å²) < 4.78 is 0. The molecular formula is C13H15N3. The summed E-state index contributed by atoms with van der Waals surface area (Å²) in [7, 11) is 0. The first kappa shape index (κ1) is 10.6. The lowest BCUT2D eigenvalue weighted by molar-refractivity contribution is 1.22. The van der Waals surface area contributed by atoms with Crippen molar-refractivity contribution >= 4 is 16.6 Å². The number of anilines is 1. The van der Waals surface area contributed by atoms with Crippen molar-refractivity contribution in [3.05, 3.63) is 48.7 Å². The molecule has 0 spiro atoms. The van der Waals surface area contributed by atoms with Crippen molar-refractivity contribution in [2.75, 3.05) is 18.4 Å². The molecule has 0 amide bonds. The van der Waals surface area contributed by atoms with Gasteiger partial charge in [0.15, 0.2) is 0 Å². The average molecular weight is 213 g/mol. The van der Waals surface area contributed by atoms with Crippen molar-refractivity contribution < 1.29 is 0 Å². The zero-order valence-electron chi connectivity index (χ0n) is 9.06. The van der Waals surface area contributed by atoms with E-state index in [-0.39, 0.29) is 0 Å². The molecule has 3 nitrogen and oxygen atoms in total. The molecule has 2 rings (SSSR count). The highest BCUT2D eigenvalue weighted by molar-refractivity contribution is 5.90. The lowest BCUT2D eigenvalue weighted by atomic mass is 10.2. The van der Waals surface area contributed by atoms with Crippen molar-refractivity contribution in [2.45, 2.75) is 0 Å². The Morgan fingerprint density at radius 3 is 2.94 bits per heavy atom. The van der Waals surface area contributed by atoms with E-state index in [1.54, 1.807) is 0 Å². The van der Waals surface area contributed by atoms with Crippen molar-refractivity contribution in [1.29, 1.82) is 0 Å². The molecule has 3 heteroatoms. The summed E-state index contributed by atoms with van der Waals surface area (Å²) in [6.07, 6.45) is 5.78. The minimum Gasteiger partial charge on any atom is -0.381 e. The molecule has 0 unspecified atom stereocenters. The molecule has 82 valence electrons. The molecule has 0 radical (unpaired) electrons. The first-order valence-electron chi connectivity index (χ1n) is 5.34. The normalized spacial score (nSPS) is 11.1. The molecular weight excluding hydrogens is 198 g/mol. The quantitative estimate of drug-likeness (QED) is 0.765. The lowest BCUT2D eigenvalue weighted by Gasteiger charge is -2.06. The first-order valence-corrected chi connectivity index (χ1v) is 5.34. The Morgan fingerprint density at radius 2 is 2.06 bits per heavy atom. The fraction of sp³-hybridized carbons (Fsp3) is 0.154. The zero-order chi connectivity index (χ0) is 11.2. The number of nitrogens with zero attached hydrogens (tertiary/aromatic N) is 1. The summed E-state index contributed by atoms with van der Waals surface area (Å²) in [4.78, 5) is 4.31. The van der Waals surface area contributed by atoms with Crippen LogP contribution >= 0.6 is 0 Å². The van der Waals surface area contributed by atoms with Gasteiger partial charge in [-0.25, -0.2) is 0 Å². The average Bonchev–Trinajstić information content (AvgIpc) is 2.35. The number of nitrogens with one attached hydrogen (secondary N) is 1. The summed E-state index contributed by atoms with van der Waals surface area (Å²) in [6, 6.07) is 10.1. The predicted molar refractivity (Wildman–Crippen MR) is 68.4 cm³/mol. The van der Waals surface area contributed by atoms with Crippen LogP contribution in [-0.2, 0) is 0 Å². The Bertz CT molecular complexity index is 486. The van der Waals surface area contributed by atoms with Crippen LogP contribution in [0.15, 0.2) is 48.7 Å². The Labute approximate surface area is 95.0 Å². The maximum absolute atomic E-state index is 5.37. The molecule has 0 saturated heterocycles. The van der Waals surface area contributed by atoms with Gasteiger partial charge in [0.1, 0.15) is 0 Å². The molecule has 16 heavy (non-hydrogen) atoms. The molecule has 1 aromatic heterocycles. The Balaban J connectivity index is 2.20. The molecule has 1 heterocycles. The van der Waals surface area contributed by atoms with Crippen LogP contribution in [-0.4, -0.2) is 18.1 Å². The highest BCUT2D eigenvalue weighted by atomic mass is 14.9. The summed E-state index contributed by atoms with van der Waals surface area (Å²) in [6.45, 7) is 1.37. The van der Waals surface area contributed by atoms with Crippen LogP contribution in [0.2, 0.25) is 0 Å². The van der Waals surface area contributed by atoms with Crippen molar-refractivity contribution in [3.8, 4) is 0 Å². The first-order chi connectivity index (χ1) is 7.92. The van der Waals surface area contributed by atoms with Crippen molar-refractivity contribution in [1.82, 2.24) is 4.98 Å². The van der Waals surface area contributed by atoms with E-state index in [1.807, 2.05) is 42.6 Å². The molecule has 0 bridgehead atoms. The summed E-state index contributed by atoms with van der Waals surface area (Å²) >= 11 is 0. The standard InChI is InChI=1S/C13H15N3/c14-8-3-4-9-15-13-7-10-16-12-6-2-1-5-11(12)13/h1-7,10H,8-9,14H2,(H,15,16)/b4-3+. The minimum absolute atomic E-state index is 0.582. The fourth-order valence-corrected chi connectivity index (χ4v) is 1.60. The van der Waals surface area contributed by atoms with E-state index in [0.29, 0.717) is 6.54 Å². The second-order valence-corrected chi connectivity index (χ2v) is 3.46. The Hall–Kier alpha value is -1.87. The number of pyridine rings is 1. The number of hydrogen-bond donors (Lipinski definition) is 2. The van der Waals surface area contributed by atoms with E-state index in [2.05, 4.69) is 16.4 Å². The summed E-state index contributed by atoms with van der Waals surface area (Å²) in [5.41, 5.74) is 7.49. The van der Waals surface area contributed by atoms with Crippen LogP contribution in [0.1, 0.15) is 0 Å². The SMILES string of the molecule is NC/C=C/CNc1ccnc2ccccc12. The monoisotopic (exact) mass is 213 g/mol. The molecule has 0 atom stereocenters. The van der Waals surface area contributed by atoms with E-state index in [1.165, 1.54) is 0 Å². The van der Waals surface area contributed by atoms with Crippen molar-refractivity contribution in [2.24, 2.45) is 5.73 Å². The molecule has 3 N–H and O–H groups in total. The third kappa shape index (κ3) is 2.38. The number of fused-ring (bicyclic) bond motifs is 1. The Morgan fingerprint density at radius 1 is 1.19 bits per heavy atom. The van der Waals surface area contributed by atoms with Gasteiger partial charge in [-0.1, -0.05) is 30.4 Å². The van der Waals surface area contributed by atoms with Gasteiger partial charge in [0.25, 0.3) is 0 Å². The summed E-state index contributed by atoms with van der Waals surface area (Å²) in [5.74, 6) is 0. The largest absolute Gasteiger partial charge is 0.381 e. The van der Waals surface area contributed by atoms with Gasteiger partial charge < -0.3 is 11.1 Å². The number of para-hydroxylation sites is 1. The van der Waals surface area contributed by atoms with Gasteiger partial charge in [-0.15, -0.1) is 0 Å². The van der Waals surface area contributed by atoms with E-state index in [9.17, 15) is 0 Å². The van der Waals surface area contributed by atoms with Crippen LogP contribution < -0.4 is 11.1 Å². The second kappa shape index (κ2) is 5.28. The van der Waals surface area contributed by atoms with Crippen LogP contribution in [0.4, 0.5) is 5.69 Å². The van der Waals surface area contributed by atoms with Gasteiger partial charge in [0.2, 0.25) is 0 Å². The predicted octanol–water partition coefficient (Wildman–Crippen LogP) is 2.16. The van der Waals surface area contributed by atoms with E-state index >= 15 is 0 Å². The number of aromatic nitrogens is 1. The molecule has 0 saturated carbocycles. The lowest BCUT2D eigenvalue weighted by Crippen LogP contribution is -2.01. The highest BCUT2D eigenvalue weighted by Crippen LogP contribution is 2.20.